The highest BCUT2D eigenvalue weighted by Crippen LogP contribution is 2.23. The molecule has 0 unspecified atom stereocenters. The minimum Gasteiger partial charge on any atom is -0.0831 e. The van der Waals surface area contributed by atoms with E-state index in [9.17, 15) is 0 Å². The lowest BCUT2D eigenvalue weighted by Gasteiger charge is -2.02. The molecule has 0 aliphatic rings. The lowest BCUT2D eigenvalue weighted by atomic mass is 10.1. The molecule has 0 aliphatic heterocycles. The van der Waals surface area contributed by atoms with Crippen LogP contribution in [0, 0.1) is 0 Å². The van der Waals surface area contributed by atoms with E-state index in [0.717, 1.165) is 15.9 Å². The molecule has 1 rings (SSSR count). The predicted octanol–water partition coefficient (Wildman–Crippen LogP) is 4.84. The van der Waals surface area contributed by atoms with E-state index in [4.69, 9.17) is 11.6 Å². The molecular weight excluding hydrogens is 247 g/mol. The van der Waals surface area contributed by atoms with Crippen molar-refractivity contribution in [2.75, 3.05) is 0 Å². The van der Waals surface area contributed by atoms with Gasteiger partial charge < -0.3 is 0 Å². The van der Waals surface area contributed by atoms with Crippen LogP contribution in [0.15, 0.2) is 22.7 Å². The summed E-state index contributed by atoms with van der Waals surface area (Å²) in [4.78, 5) is 0. The lowest BCUT2D eigenvalue weighted by Crippen LogP contribution is -1.85. The first kappa shape index (κ1) is 11.1. The van der Waals surface area contributed by atoms with Crippen molar-refractivity contribution in [3.63, 3.8) is 0 Å². The van der Waals surface area contributed by atoms with Gasteiger partial charge in [0.05, 0.1) is 5.02 Å². The highest BCUT2D eigenvalue weighted by atomic mass is 79.9. The Hall–Kier alpha value is -0.0100. The third kappa shape index (κ3) is 3.70. The van der Waals surface area contributed by atoms with E-state index in [0.29, 0.717) is 0 Å². The van der Waals surface area contributed by atoms with Crippen LogP contribution < -0.4 is 0 Å². The van der Waals surface area contributed by atoms with Crippen LogP contribution in [0.25, 0.3) is 0 Å². The molecule has 0 saturated carbocycles. The van der Waals surface area contributed by atoms with Crippen molar-refractivity contribution in [2.45, 2.75) is 32.6 Å². The van der Waals surface area contributed by atoms with E-state index in [1.54, 1.807) is 0 Å². The Balaban J connectivity index is 2.53. The summed E-state index contributed by atoms with van der Waals surface area (Å²) in [6.07, 6.45) is 4.97. The molecule has 0 bridgehead atoms. The SMILES string of the molecule is CCCCCc1ccc(Br)c(Cl)c1. The van der Waals surface area contributed by atoms with Crippen molar-refractivity contribution in [1.82, 2.24) is 0 Å². The Labute approximate surface area is 93.4 Å². The molecule has 2 heteroatoms. The van der Waals surface area contributed by atoms with E-state index < -0.39 is 0 Å². The van der Waals surface area contributed by atoms with Gasteiger partial charge in [-0.2, -0.15) is 0 Å². The van der Waals surface area contributed by atoms with Gasteiger partial charge in [0.25, 0.3) is 0 Å². The summed E-state index contributed by atoms with van der Waals surface area (Å²) >= 11 is 9.36. The number of hydrogen-bond donors (Lipinski definition) is 0. The van der Waals surface area contributed by atoms with Gasteiger partial charge >= 0.3 is 0 Å². The fourth-order valence-electron chi connectivity index (χ4n) is 1.27. The zero-order valence-corrected chi connectivity index (χ0v) is 10.2. The van der Waals surface area contributed by atoms with Crippen molar-refractivity contribution in [1.29, 1.82) is 0 Å². The third-order valence-corrected chi connectivity index (χ3v) is 3.29. The second-order valence-corrected chi connectivity index (χ2v) is 4.47. The molecule has 0 heterocycles. The number of halogens is 2. The van der Waals surface area contributed by atoms with Gasteiger partial charge in [-0.15, -0.1) is 0 Å². The van der Waals surface area contributed by atoms with Gasteiger partial charge in [0.15, 0.2) is 0 Å². The number of aryl methyl sites for hydroxylation is 1. The van der Waals surface area contributed by atoms with Crippen LogP contribution >= 0.6 is 27.5 Å². The van der Waals surface area contributed by atoms with Gasteiger partial charge in [0.2, 0.25) is 0 Å². The van der Waals surface area contributed by atoms with Crippen molar-refractivity contribution in [3.05, 3.63) is 33.3 Å². The Kier molecular flexibility index (Phi) is 4.82. The normalized spacial score (nSPS) is 10.4. The standard InChI is InChI=1S/C11H14BrCl/c1-2-3-4-5-9-6-7-10(12)11(13)8-9/h6-8H,2-5H2,1H3. The fourth-order valence-corrected chi connectivity index (χ4v) is 1.72. The highest BCUT2D eigenvalue weighted by molar-refractivity contribution is 9.10. The second kappa shape index (κ2) is 5.66. The molecule has 0 radical (unpaired) electrons. The van der Waals surface area contributed by atoms with E-state index in [1.165, 1.54) is 24.8 Å². The maximum absolute atomic E-state index is 5.98. The summed E-state index contributed by atoms with van der Waals surface area (Å²) in [5, 5.41) is 0.814. The summed E-state index contributed by atoms with van der Waals surface area (Å²) in [7, 11) is 0. The fraction of sp³-hybridized carbons (Fsp3) is 0.455. The van der Waals surface area contributed by atoms with Crippen molar-refractivity contribution in [3.8, 4) is 0 Å². The molecule has 0 aliphatic carbocycles. The molecule has 0 atom stereocenters. The van der Waals surface area contributed by atoms with Crippen LogP contribution in [0.5, 0.6) is 0 Å². The first-order chi connectivity index (χ1) is 6.24. The minimum atomic E-state index is 0.814. The summed E-state index contributed by atoms with van der Waals surface area (Å²) in [6, 6.07) is 6.19. The molecule has 0 saturated heterocycles. The van der Waals surface area contributed by atoms with E-state index in [-0.39, 0.29) is 0 Å². The predicted molar refractivity (Wildman–Crippen MR) is 62.4 cm³/mol. The number of hydrogen-bond acceptors (Lipinski definition) is 0. The van der Waals surface area contributed by atoms with E-state index in [2.05, 4.69) is 28.9 Å². The van der Waals surface area contributed by atoms with Gasteiger partial charge in [0, 0.05) is 4.47 Å². The van der Waals surface area contributed by atoms with Crippen LogP contribution in [-0.2, 0) is 6.42 Å². The first-order valence-corrected chi connectivity index (χ1v) is 5.85. The number of unbranched alkanes of at least 4 members (excludes halogenated alkanes) is 2. The Morgan fingerprint density at radius 2 is 2.08 bits per heavy atom. The Bertz CT molecular complexity index is 271. The summed E-state index contributed by atoms with van der Waals surface area (Å²) < 4.78 is 0.980. The molecule has 0 amide bonds. The van der Waals surface area contributed by atoms with E-state index >= 15 is 0 Å². The minimum absolute atomic E-state index is 0.814. The molecule has 1 aromatic rings. The lowest BCUT2D eigenvalue weighted by molar-refractivity contribution is 0.717. The van der Waals surface area contributed by atoms with Crippen LogP contribution in [-0.4, -0.2) is 0 Å². The third-order valence-electron chi connectivity index (χ3n) is 2.05. The number of benzene rings is 1. The van der Waals surface area contributed by atoms with Crippen LogP contribution in [0.4, 0.5) is 0 Å². The molecule has 0 fully saturated rings. The zero-order valence-electron chi connectivity index (χ0n) is 7.82. The van der Waals surface area contributed by atoms with Gasteiger partial charge in [0.1, 0.15) is 0 Å². The highest BCUT2D eigenvalue weighted by Gasteiger charge is 1.98. The molecule has 13 heavy (non-hydrogen) atoms. The van der Waals surface area contributed by atoms with E-state index in [1.807, 2.05) is 12.1 Å². The molecular formula is C11H14BrCl. The number of rotatable bonds is 4. The quantitative estimate of drug-likeness (QED) is 0.681. The summed E-state index contributed by atoms with van der Waals surface area (Å²) in [5.41, 5.74) is 1.33. The molecule has 0 spiro atoms. The second-order valence-electron chi connectivity index (χ2n) is 3.21. The topological polar surface area (TPSA) is 0 Å². The average Bonchev–Trinajstić information content (AvgIpc) is 2.12. The van der Waals surface area contributed by atoms with Crippen molar-refractivity contribution >= 4 is 27.5 Å². The average molecular weight is 262 g/mol. The van der Waals surface area contributed by atoms with Gasteiger partial charge in [-0.3, -0.25) is 0 Å². The largest absolute Gasteiger partial charge is 0.0831 e. The van der Waals surface area contributed by atoms with Crippen LogP contribution in [0.1, 0.15) is 31.7 Å². The molecule has 0 N–H and O–H groups in total. The molecule has 1 aromatic carbocycles. The zero-order chi connectivity index (χ0) is 9.68. The van der Waals surface area contributed by atoms with Gasteiger partial charge in [-0.25, -0.2) is 0 Å². The molecule has 0 aromatic heterocycles. The maximum atomic E-state index is 5.98. The monoisotopic (exact) mass is 260 g/mol. The van der Waals surface area contributed by atoms with Crippen molar-refractivity contribution < 1.29 is 0 Å². The smallest absolute Gasteiger partial charge is 0.0550 e. The first-order valence-electron chi connectivity index (χ1n) is 4.68. The summed E-state index contributed by atoms with van der Waals surface area (Å²) in [6.45, 7) is 2.22. The maximum Gasteiger partial charge on any atom is 0.0550 e. The van der Waals surface area contributed by atoms with Gasteiger partial charge in [-0.1, -0.05) is 37.4 Å². The summed E-state index contributed by atoms with van der Waals surface area (Å²) in [5.74, 6) is 0. The Morgan fingerprint density at radius 1 is 1.31 bits per heavy atom. The van der Waals surface area contributed by atoms with Crippen LogP contribution in [0.2, 0.25) is 5.02 Å². The molecule has 0 nitrogen and oxygen atoms in total. The van der Waals surface area contributed by atoms with Crippen molar-refractivity contribution in [2.24, 2.45) is 0 Å². The Morgan fingerprint density at radius 3 is 2.69 bits per heavy atom. The molecule has 72 valence electrons. The van der Waals surface area contributed by atoms with Gasteiger partial charge in [-0.05, 0) is 46.5 Å². The van der Waals surface area contributed by atoms with Crippen LogP contribution in [0.3, 0.4) is 0 Å².